The Morgan fingerprint density at radius 3 is 2.31 bits per heavy atom. The van der Waals surface area contributed by atoms with Crippen molar-refractivity contribution in [1.29, 1.82) is 0 Å². The molecular formula is C19H25N3O3S. The molecule has 26 heavy (non-hydrogen) atoms. The zero-order valence-corrected chi connectivity index (χ0v) is 16.4. The summed E-state index contributed by atoms with van der Waals surface area (Å²) in [5.41, 5.74) is 2.75. The number of amides is 1. The quantitative estimate of drug-likeness (QED) is 0.779. The van der Waals surface area contributed by atoms with Crippen molar-refractivity contribution in [3.8, 4) is 0 Å². The lowest BCUT2D eigenvalue weighted by atomic mass is 10.1. The zero-order chi connectivity index (χ0) is 19.3. The topological polar surface area (TPSA) is 78.5 Å². The van der Waals surface area contributed by atoms with Crippen molar-refractivity contribution in [3.63, 3.8) is 0 Å². The minimum atomic E-state index is -3.78. The summed E-state index contributed by atoms with van der Waals surface area (Å²) < 4.78 is 27.9. The molecule has 2 N–H and O–H groups in total. The highest BCUT2D eigenvalue weighted by Crippen LogP contribution is 2.19. The van der Waals surface area contributed by atoms with E-state index in [1.165, 1.54) is 12.1 Å². The molecule has 140 valence electrons. The Bertz CT molecular complexity index is 872. The fourth-order valence-electron chi connectivity index (χ4n) is 2.55. The Kier molecular flexibility index (Phi) is 6.39. The molecule has 0 atom stereocenters. The number of nitrogens with zero attached hydrogens (tertiary/aromatic N) is 1. The zero-order valence-electron chi connectivity index (χ0n) is 15.5. The highest BCUT2D eigenvalue weighted by atomic mass is 32.2. The van der Waals surface area contributed by atoms with Crippen LogP contribution in [-0.4, -0.2) is 46.4 Å². The highest BCUT2D eigenvalue weighted by molar-refractivity contribution is 7.92. The van der Waals surface area contributed by atoms with Gasteiger partial charge in [-0.2, -0.15) is 0 Å². The van der Waals surface area contributed by atoms with Crippen molar-refractivity contribution in [1.82, 2.24) is 10.2 Å². The summed E-state index contributed by atoms with van der Waals surface area (Å²) in [7, 11) is 0.0544. The van der Waals surface area contributed by atoms with Crippen molar-refractivity contribution in [2.75, 3.05) is 31.9 Å². The summed E-state index contributed by atoms with van der Waals surface area (Å²) in [5, 5.41) is 2.78. The number of carbonyl (C=O) groups is 1. The van der Waals surface area contributed by atoms with Gasteiger partial charge < -0.3 is 10.2 Å². The lowest BCUT2D eigenvalue weighted by Gasteiger charge is -2.12. The molecule has 0 unspecified atom stereocenters. The van der Waals surface area contributed by atoms with Crippen LogP contribution in [0.5, 0.6) is 0 Å². The number of hydrogen-bond acceptors (Lipinski definition) is 4. The van der Waals surface area contributed by atoms with Crippen LogP contribution < -0.4 is 10.0 Å². The number of benzene rings is 2. The fraction of sp³-hybridized carbons (Fsp3) is 0.316. The van der Waals surface area contributed by atoms with Gasteiger partial charge in [0.25, 0.3) is 15.9 Å². The van der Waals surface area contributed by atoms with E-state index in [9.17, 15) is 13.2 Å². The third-order valence-corrected chi connectivity index (χ3v) is 5.10. The molecule has 2 rings (SSSR count). The molecule has 0 aliphatic rings. The predicted octanol–water partition coefficient (Wildman–Crippen LogP) is 2.40. The predicted molar refractivity (Wildman–Crippen MR) is 104 cm³/mol. The Hall–Kier alpha value is -2.38. The first-order valence-electron chi connectivity index (χ1n) is 8.31. The molecule has 2 aromatic rings. The summed E-state index contributed by atoms with van der Waals surface area (Å²) in [5.74, 6) is -0.296. The first-order valence-corrected chi connectivity index (χ1v) is 9.80. The average Bonchev–Trinajstić information content (AvgIpc) is 2.53. The van der Waals surface area contributed by atoms with Gasteiger partial charge in [0.2, 0.25) is 0 Å². The molecular weight excluding hydrogens is 350 g/mol. The van der Waals surface area contributed by atoms with Gasteiger partial charge in [-0.15, -0.1) is 0 Å². The van der Waals surface area contributed by atoms with Gasteiger partial charge in [-0.3, -0.25) is 9.52 Å². The van der Waals surface area contributed by atoms with Crippen LogP contribution in [0.2, 0.25) is 0 Å². The molecule has 1 amide bonds. The van der Waals surface area contributed by atoms with Gasteiger partial charge in [0.05, 0.1) is 4.90 Å². The number of sulfonamides is 1. The lowest BCUT2D eigenvalue weighted by molar-refractivity contribution is 0.0951. The van der Waals surface area contributed by atoms with Crippen LogP contribution in [0.25, 0.3) is 0 Å². The van der Waals surface area contributed by atoms with Crippen LogP contribution in [0.15, 0.2) is 47.4 Å². The number of hydrogen-bond donors (Lipinski definition) is 2. The van der Waals surface area contributed by atoms with E-state index in [0.717, 1.165) is 11.1 Å². The smallest absolute Gasteiger partial charge is 0.261 e. The molecule has 7 heteroatoms. The van der Waals surface area contributed by atoms with E-state index in [-0.39, 0.29) is 10.8 Å². The van der Waals surface area contributed by atoms with E-state index >= 15 is 0 Å². The molecule has 0 saturated heterocycles. The second-order valence-corrected chi connectivity index (χ2v) is 8.25. The Balaban J connectivity index is 2.18. The molecule has 0 aromatic heterocycles. The van der Waals surface area contributed by atoms with Crippen LogP contribution in [0.4, 0.5) is 5.69 Å². The maximum atomic E-state index is 12.7. The maximum Gasteiger partial charge on any atom is 0.261 e. The summed E-state index contributed by atoms with van der Waals surface area (Å²) in [6, 6.07) is 11.5. The Morgan fingerprint density at radius 2 is 1.69 bits per heavy atom. The van der Waals surface area contributed by atoms with Gasteiger partial charge in [-0.25, -0.2) is 8.42 Å². The minimum Gasteiger partial charge on any atom is -0.351 e. The number of rotatable bonds is 7. The molecule has 0 bridgehead atoms. The van der Waals surface area contributed by atoms with Crippen molar-refractivity contribution in [2.45, 2.75) is 18.7 Å². The van der Waals surface area contributed by atoms with Crippen molar-refractivity contribution in [3.05, 3.63) is 59.2 Å². The number of likely N-dealkylation sites (N-methyl/N-ethyl adjacent to an activating group) is 1. The summed E-state index contributed by atoms with van der Waals surface area (Å²) in [6.07, 6.45) is 0. The monoisotopic (exact) mass is 375 g/mol. The van der Waals surface area contributed by atoms with Crippen molar-refractivity contribution >= 4 is 21.6 Å². The van der Waals surface area contributed by atoms with E-state index in [4.69, 9.17) is 0 Å². The highest BCUT2D eigenvalue weighted by Gasteiger charge is 2.17. The third-order valence-electron chi connectivity index (χ3n) is 3.73. The fourth-order valence-corrected chi connectivity index (χ4v) is 3.63. The SMILES string of the molecule is Cc1cc(C)cc(NS(=O)(=O)c2cccc(C(=O)NCCN(C)C)c2)c1. The summed E-state index contributed by atoms with van der Waals surface area (Å²) in [6.45, 7) is 5.01. The summed E-state index contributed by atoms with van der Waals surface area (Å²) >= 11 is 0. The van der Waals surface area contributed by atoms with Crippen molar-refractivity contribution < 1.29 is 13.2 Å². The molecule has 0 spiro atoms. The van der Waals surface area contributed by atoms with E-state index in [1.807, 2.05) is 38.9 Å². The number of carbonyl (C=O) groups excluding carboxylic acids is 1. The standard InChI is InChI=1S/C19H25N3O3S/c1-14-10-15(2)12-17(11-14)21-26(24,25)18-7-5-6-16(13-18)19(23)20-8-9-22(3)4/h5-7,10-13,21H,8-9H2,1-4H3,(H,20,23). The van der Waals surface area contributed by atoms with Crippen LogP contribution in [0.1, 0.15) is 21.5 Å². The number of nitrogens with one attached hydrogen (secondary N) is 2. The first-order chi connectivity index (χ1) is 12.2. The van der Waals surface area contributed by atoms with Crippen LogP contribution in [0, 0.1) is 13.8 Å². The Labute approximate surface area is 155 Å². The normalized spacial score (nSPS) is 11.4. The molecule has 0 saturated carbocycles. The van der Waals surface area contributed by atoms with E-state index in [1.54, 1.807) is 24.3 Å². The van der Waals surface area contributed by atoms with Gasteiger partial charge in [0.15, 0.2) is 0 Å². The number of anilines is 1. The lowest BCUT2D eigenvalue weighted by Crippen LogP contribution is -2.31. The van der Waals surface area contributed by atoms with Gasteiger partial charge in [0.1, 0.15) is 0 Å². The van der Waals surface area contributed by atoms with E-state index in [0.29, 0.717) is 24.3 Å². The van der Waals surface area contributed by atoms with E-state index in [2.05, 4.69) is 10.0 Å². The van der Waals surface area contributed by atoms with E-state index < -0.39 is 10.0 Å². The largest absolute Gasteiger partial charge is 0.351 e. The second kappa shape index (κ2) is 8.33. The Morgan fingerprint density at radius 1 is 1.04 bits per heavy atom. The average molecular weight is 375 g/mol. The maximum absolute atomic E-state index is 12.7. The van der Waals surface area contributed by atoms with Crippen LogP contribution in [-0.2, 0) is 10.0 Å². The molecule has 0 fully saturated rings. The molecule has 0 aliphatic heterocycles. The molecule has 0 heterocycles. The van der Waals surface area contributed by atoms with Crippen LogP contribution in [0.3, 0.4) is 0 Å². The third kappa shape index (κ3) is 5.57. The second-order valence-electron chi connectivity index (χ2n) is 6.57. The van der Waals surface area contributed by atoms with Crippen molar-refractivity contribution in [2.24, 2.45) is 0 Å². The van der Waals surface area contributed by atoms with Crippen LogP contribution >= 0.6 is 0 Å². The first kappa shape index (κ1) is 19.9. The van der Waals surface area contributed by atoms with Gasteiger partial charge in [-0.05, 0) is 69.4 Å². The summed E-state index contributed by atoms with van der Waals surface area (Å²) in [4.78, 5) is 14.2. The minimum absolute atomic E-state index is 0.0527. The molecule has 0 radical (unpaired) electrons. The van der Waals surface area contributed by atoms with Gasteiger partial charge in [0, 0.05) is 24.3 Å². The molecule has 6 nitrogen and oxygen atoms in total. The van der Waals surface area contributed by atoms with Gasteiger partial charge >= 0.3 is 0 Å². The molecule has 0 aliphatic carbocycles. The molecule has 2 aromatic carbocycles. The van der Waals surface area contributed by atoms with Gasteiger partial charge in [-0.1, -0.05) is 12.1 Å². The number of aryl methyl sites for hydroxylation is 2.